The molecule has 0 aliphatic heterocycles. The fourth-order valence-electron chi connectivity index (χ4n) is 2.24. The van der Waals surface area contributed by atoms with Gasteiger partial charge < -0.3 is 11.5 Å². The minimum absolute atomic E-state index is 0.370. The highest BCUT2D eigenvalue weighted by atomic mass is 32.1. The van der Waals surface area contributed by atoms with E-state index in [9.17, 15) is 13.2 Å². The van der Waals surface area contributed by atoms with Crippen LogP contribution in [0.1, 0.15) is 29.8 Å². The average molecular weight is 341 g/mol. The Morgan fingerprint density at radius 1 is 1.26 bits per heavy atom. The molecule has 0 saturated carbocycles. The maximum absolute atomic E-state index is 12.5. The first-order valence-electron chi connectivity index (χ1n) is 7.06. The lowest BCUT2D eigenvalue weighted by molar-refractivity contribution is -0.144. The highest BCUT2D eigenvalue weighted by Gasteiger charge is 2.32. The van der Waals surface area contributed by atoms with Gasteiger partial charge in [-0.15, -0.1) is 11.3 Å². The van der Waals surface area contributed by atoms with Crippen molar-refractivity contribution in [1.82, 2.24) is 0 Å². The number of benzene rings is 1. The standard InChI is InChI=1S/C16H18F3N3S/c1-10(9-16(17,18)19)14(20)11-4-2-5-12(8-11)22-15(21)13-6-3-7-23-13/h2-8,10,14H,9,20H2,1H3,(H2,21,22). The molecule has 0 aliphatic carbocycles. The van der Waals surface area contributed by atoms with Crippen molar-refractivity contribution in [2.45, 2.75) is 25.6 Å². The Kier molecular flexibility index (Phi) is 5.43. The molecule has 1 aromatic heterocycles. The largest absolute Gasteiger partial charge is 0.389 e. The summed E-state index contributed by atoms with van der Waals surface area (Å²) in [7, 11) is 0. The Labute approximate surface area is 136 Å². The summed E-state index contributed by atoms with van der Waals surface area (Å²) < 4.78 is 37.5. The number of hydrogen-bond donors (Lipinski definition) is 2. The van der Waals surface area contributed by atoms with Crippen molar-refractivity contribution >= 4 is 22.9 Å². The third-order valence-electron chi connectivity index (χ3n) is 3.44. The Hall–Kier alpha value is -1.86. The van der Waals surface area contributed by atoms with Crippen molar-refractivity contribution < 1.29 is 13.2 Å². The van der Waals surface area contributed by atoms with Crippen LogP contribution in [0.15, 0.2) is 46.8 Å². The van der Waals surface area contributed by atoms with Gasteiger partial charge in [-0.1, -0.05) is 25.1 Å². The normalized spacial score (nSPS) is 15.4. The molecule has 3 nitrogen and oxygen atoms in total. The molecule has 4 N–H and O–H groups in total. The highest BCUT2D eigenvalue weighted by Crippen LogP contribution is 2.32. The van der Waals surface area contributed by atoms with Crippen molar-refractivity contribution in [2.24, 2.45) is 22.4 Å². The summed E-state index contributed by atoms with van der Waals surface area (Å²) in [5, 5.41) is 1.89. The maximum atomic E-state index is 12.5. The lowest BCUT2D eigenvalue weighted by Gasteiger charge is -2.21. The van der Waals surface area contributed by atoms with Gasteiger partial charge in [-0.3, -0.25) is 0 Å². The van der Waals surface area contributed by atoms with Crippen molar-refractivity contribution in [3.05, 3.63) is 52.2 Å². The predicted octanol–water partition coefficient (Wildman–Crippen LogP) is 4.37. The molecule has 0 saturated heterocycles. The van der Waals surface area contributed by atoms with Crippen LogP contribution >= 0.6 is 11.3 Å². The van der Waals surface area contributed by atoms with Gasteiger partial charge in [0.15, 0.2) is 0 Å². The quantitative estimate of drug-likeness (QED) is 0.626. The molecular formula is C16H18F3N3S. The van der Waals surface area contributed by atoms with E-state index in [4.69, 9.17) is 11.5 Å². The Morgan fingerprint density at radius 3 is 2.61 bits per heavy atom. The second-order valence-electron chi connectivity index (χ2n) is 5.39. The van der Waals surface area contributed by atoms with Crippen LogP contribution in [0.5, 0.6) is 0 Å². The lowest BCUT2D eigenvalue weighted by atomic mass is 9.92. The van der Waals surface area contributed by atoms with Gasteiger partial charge in [-0.2, -0.15) is 13.2 Å². The van der Waals surface area contributed by atoms with Gasteiger partial charge in [0.2, 0.25) is 0 Å². The molecular weight excluding hydrogens is 323 g/mol. The van der Waals surface area contributed by atoms with E-state index in [1.807, 2.05) is 17.5 Å². The summed E-state index contributed by atoms with van der Waals surface area (Å²) in [6.45, 7) is 1.49. The SMILES string of the molecule is CC(CC(F)(F)F)C(N)c1cccc(N=C(N)c2cccs2)c1. The predicted molar refractivity (Wildman–Crippen MR) is 87.9 cm³/mol. The molecule has 1 heterocycles. The lowest BCUT2D eigenvalue weighted by Crippen LogP contribution is -2.24. The maximum Gasteiger partial charge on any atom is 0.389 e. The number of nitrogens with zero attached hydrogens (tertiary/aromatic N) is 1. The van der Waals surface area contributed by atoms with Crippen LogP contribution in [-0.4, -0.2) is 12.0 Å². The second-order valence-corrected chi connectivity index (χ2v) is 6.34. The van der Waals surface area contributed by atoms with Crippen LogP contribution in [0.3, 0.4) is 0 Å². The molecule has 2 aromatic rings. The van der Waals surface area contributed by atoms with Crippen LogP contribution in [0.2, 0.25) is 0 Å². The number of rotatable bonds is 5. The van der Waals surface area contributed by atoms with Crippen molar-refractivity contribution in [3.8, 4) is 0 Å². The molecule has 0 spiro atoms. The summed E-state index contributed by atoms with van der Waals surface area (Å²) >= 11 is 1.47. The number of amidine groups is 1. The molecule has 1 aromatic carbocycles. The Morgan fingerprint density at radius 2 is 2.00 bits per heavy atom. The summed E-state index contributed by atoms with van der Waals surface area (Å²) in [5.41, 5.74) is 13.1. The number of aliphatic imine (C=N–C) groups is 1. The van der Waals surface area contributed by atoms with E-state index >= 15 is 0 Å². The molecule has 0 fully saturated rings. The molecule has 7 heteroatoms. The van der Waals surface area contributed by atoms with Crippen LogP contribution in [0, 0.1) is 5.92 Å². The van der Waals surface area contributed by atoms with Crippen molar-refractivity contribution in [3.63, 3.8) is 0 Å². The van der Waals surface area contributed by atoms with Gasteiger partial charge in [-0.25, -0.2) is 4.99 Å². The fourth-order valence-corrected chi connectivity index (χ4v) is 2.87. The molecule has 2 unspecified atom stereocenters. The van der Waals surface area contributed by atoms with Crippen LogP contribution in [-0.2, 0) is 0 Å². The van der Waals surface area contributed by atoms with Gasteiger partial charge in [0, 0.05) is 12.5 Å². The molecule has 0 bridgehead atoms. The Balaban J connectivity index is 2.18. The number of halogens is 3. The minimum atomic E-state index is -4.23. The first-order valence-corrected chi connectivity index (χ1v) is 7.94. The van der Waals surface area contributed by atoms with E-state index in [-0.39, 0.29) is 0 Å². The summed E-state index contributed by atoms with van der Waals surface area (Å²) in [4.78, 5) is 5.14. The van der Waals surface area contributed by atoms with Crippen LogP contribution in [0.4, 0.5) is 18.9 Å². The topological polar surface area (TPSA) is 64.4 Å². The van der Waals surface area contributed by atoms with Gasteiger partial charge in [0.25, 0.3) is 0 Å². The first-order chi connectivity index (χ1) is 10.8. The smallest absolute Gasteiger partial charge is 0.383 e. The zero-order chi connectivity index (χ0) is 17.0. The van der Waals surface area contributed by atoms with Gasteiger partial charge in [-0.05, 0) is 35.1 Å². The highest BCUT2D eigenvalue weighted by molar-refractivity contribution is 7.12. The fraction of sp³-hybridized carbons (Fsp3) is 0.312. The number of hydrogen-bond acceptors (Lipinski definition) is 3. The summed E-state index contributed by atoms with van der Waals surface area (Å²) in [6.07, 6.45) is -5.14. The van der Waals surface area contributed by atoms with E-state index in [1.165, 1.54) is 18.3 Å². The van der Waals surface area contributed by atoms with Gasteiger partial charge in [0.05, 0.1) is 10.6 Å². The molecule has 0 amide bonds. The molecule has 23 heavy (non-hydrogen) atoms. The molecule has 0 aliphatic rings. The van der Waals surface area contributed by atoms with Crippen molar-refractivity contribution in [2.75, 3.05) is 0 Å². The van der Waals surface area contributed by atoms with E-state index in [1.54, 1.807) is 24.3 Å². The summed E-state index contributed by atoms with van der Waals surface area (Å²) in [5.74, 6) is -0.349. The van der Waals surface area contributed by atoms with Crippen LogP contribution < -0.4 is 11.5 Å². The minimum Gasteiger partial charge on any atom is -0.383 e. The molecule has 2 rings (SSSR count). The first kappa shape index (κ1) is 17.5. The van der Waals surface area contributed by atoms with Gasteiger partial charge >= 0.3 is 6.18 Å². The van der Waals surface area contributed by atoms with Crippen LogP contribution in [0.25, 0.3) is 0 Å². The van der Waals surface area contributed by atoms with E-state index in [0.717, 1.165) is 4.88 Å². The number of alkyl halides is 3. The van der Waals surface area contributed by atoms with E-state index < -0.39 is 24.6 Å². The number of nitrogens with two attached hydrogens (primary N) is 2. The average Bonchev–Trinajstić information content (AvgIpc) is 2.99. The second kappa shape index (κ2) is 7.14. The molecule has 0 radical (unpaired) electrons. The van der Waals surface area contributed by atoms with E-state index in [0.29, 0.717) is 17.1 Å². The third-order valence-corrected chi connectivity index (χ3v) is 4.34. The number of thiophene rings is 1. The molecule has 2 atom stereocenters. The Bertz CT molecular complexity index is 665. The monoisotopic (exact) mass is 341 g/mol. The summed E-state index contributed by atoms with van der Waals surface area (Å²) in [6, 6.07) is 9.85. The van der Waals surface area contributed by atoms with Crippen molar-refractivity contribution in [1.29, 1.82) is 0 Å². The van der Waals surface area contributed by atoms with E-state index in [2.05, 4.69) is 4.99 Å². The zero-order valence-corrected chi connectivity index (χ0v) is 13.4. The molecule has 124 valence electrons. The third kappa shape index (κ3) is 5.07. The zero-order valence-electron chi connectivity index (χ0n) is 12.5. The van der Waals surface area contributed by atoms with Gasteiger partial charge in [0.1, 0.15) is 5.84 Å².